The second-order valence-electron chi connectivity index (χ2n) is 4.27. The van der Waals surface area contributed by atoms with Gasteiger partial charge in [0.1, 0.15) is 0 Å². The first-order chi connectivity index (χ1) is 7.31. The summed E-state index contributed by atoms with van der Waals surface area (Å²) in [5, 5.41) is 0. The lowest BCUT2D eigenvalue weighted by molar-refractivity contribution is -0.137. The van der Waals surface area contributed by atoms with E-state index in [9.17, 15) is 4.79 Å². The molecule has 0 unspecified atom stereocenters. The normalized spacial score (nSPS) is 27.9. The highest BCUT2D eigenvalue weighted by Gasteiger charge is 2.29. The van der Waals surface area contributed by atoms with Crippen LogP contribution in [0.3, 0.4) is 0 Å². The Morgan fingerprint density at radius 2 is 2.33 bits per heavy atom. The molecule has 0 aromatic rings. The van der Waals surface area contributed by atoms with Gasteiger partial charge < -0.3 is 9.64 Å². The van der Waals surface area contributed by atoms with E-state index in [1.54, 1.807) is 6.08 Å². The van der Waals surface area contributed by atoms with E-state index in [1.165, 1.54) is 31.4 Å². The molecule has 0 aromatic carbocycles. The molecule has 3 nitrogen and oxygen atoms in total. The summed E-state index contributed by atoms with van der Waals surface area (Å²) in [6, 6.07) is 0.694. The number of carbonyl (C=O) groups is 1. The predicted octanol–water partition coefficient (Wildman–Crippen LogP) is 2.08. The van der Waals surface area contributed by atoms with Gasteiger partial charge in [-0.3, -0.25) is 0 Å². The number of piperidine rings is 1. The Morgan fingerprint density at radius 3 is 3.13 bits per heavy atom. The van der Waals surface area contributed by atoms with Crippen molar-refractivity contribution in [2.75, 3.05) is 13.2 Å². The number of ether oxygens (including phenoxy) is 1. The standard InChI is InChI=1S/C12H19NO2/c1-2-15-12(14)9-11-6-3-5-10-7-4-8-13(10)11/h9-10H,2-8H2,1H3/b11-9+/t10-/m1/s1. The lowest BCUT2D eigenvalue weighted by Gasteiger charge is -2.33. The summed E-state index contributed by atoms with van der Waals surface area (Å²) in [7, 11) is 0. The Morgan fingerprint density at radius 1 is 1.53 bits per heavy atom. The van der Waals surface area contributed by atoms with E-state index in [1.807, 2.05) is 6.92 Å². The van der Waals surface area contributed by atoms with Crippen LogP contribution in [-0.2, 0) is 9.53 Å². The van der Waals surface area contributed by atoms with Crippen LogP contribution in [0, 0.1) is 0 Å². The van der Waals surface area contributed by atoms with Gasteiger partial charge in [0.25, 0.3) is 0 Å². The third-order valence-corrected chi connectivity index (χ3v) is 3.29. The van der Waals surface area contributed by atoms with Crippen LogP contribution in [-0.4, -0.2) is 30.1 Å². The lowest BCUT2D eigenvalue weighted by Crippen LogP contribution is -2.32. The van der Waals surface area contributed by atoms with Crippen LogP contribution in [0.1, 0.15) is 39.0 Å². The molecule has 0 N–H and O–H groups in total. The van der Waals surface area contributed by atoms with Crippen molar-refractivity contribution in [3.63, 3.8) is 0 Å². The molecular formula is C12H19NO2. The van der Waals surface area contributed by atoms with Crippen LogP contribution in [0.5, 0.6) is 0 Å². The van der Waals surface area contributed by atoms with E-state index >= 15 is 0 Å². The van der Waals surface area contributed by atoms with Crippen LogP contribution in [0.4, 0.5) is 0 Å². The SMILES string of the molecule is CCOC(=O)/C=C1\CCC[C@@H]2CCCN12. The second-order valence-corrected chi connectivity index (χ2v) is 4.27. The minimum atomic E-state index is -0.181. The Bertz CT molecular complexity index is 273. The molecule has 2 aliphatic rings. The molecule has 0 amide bonds. The predicted molar refractivity (Wildman–Crippen MR) is 58.3 cm³/mol. The van der Waals surface area contributed by atoms with E-state index in [0.29, 0.717) is 12.6 Å². The molecule has 1 atom stereocenters. The zero-order chi connectivity index (χ0) is 10.7. The van der Waals surface area contributed by atoms with Crippen molar-refractivity contribution in [3.05, 3.63) is 11.8 Å². The van der Waals surface area contributed by atoms with Gasteiger partial charge in [0.15, 0.2) is 0 Å². The van der Waals surface area contributed by atoms with Crippen molar-refractivity contribution in [3.8, 4) is 0 Å². The minimum Gasteiger partial charge on any atom is -0.463 e. The first-order valence-electron chi connectivity index (χ1n) is 5.95. The summed E-state index contributed by atoms with van der Waals surface area (Å²) in [6.45, 7) is 3.43. The molecule has 2 fully saturated rings. The third-order valence-electron chi connectivity index (χ3n) is 3.29. The number of carbonyl (C=O) groups excluding carboxylic acids is 1. The van der Waals surface area contributed by atoms with Gasteiger partial charge in [0.05, 0.1) is 6.61 Å². The van der Waals surface area contributed by atoms with Crippen molar-refractivity contribution in [2.24, 2.45) is 0 Å². The number of allylic oxidation sites excluding steroid dienone is 1. The van der Waals surface area contributed by atoms with Crippen molar-refractivity contribution in [2.45, 2.75) is 45.1 Å². The third kappa shape index (κ3) is 2.33. The maximum Gasteiger partial charge on any atom is 0.332 e. The van der Waals surface area contributed by atoms with E-state index in [0.717, 1.165) is 13.0 Å². The van der Waals surface area contributed by atoms with Gasteiger partial charge in [0, 0.05) is 24.4 Å². The van der Waals surface area contributed by atoms with E-state index < -0.39 is 0 Å². The van der Waals surface area contributed by atoms with Gasteiger partial charge in [-0.2, -0.15) is 0 Å². The van der Waals surface area contributed by atoms with Gasteiger partial charge >= 0.3 is 5.97 Å². The molecule has 0 aliphatic carbocycles. The fourth-order valence-electron chi connectivity index (χ4n) is 2.65. The molecule has 3 heteroatoms. The number of fused-ring (bicyclic) bond motifs is 1. The Labute approximate surface area is 91.1 Å². The Kier molecular flexibility index (Phi) is 3.29. The van der Waals surface area contributed by atoms with Gasteiger partial charge in [-0.1, -0.05) is 0 Å². The molecule has 15 heavy (non-hydrogen) atoms. The number of hydrogen-bond donors (Lipinski definition) is 0. The largest absolute Gasteiger partial charge is 0.463 e. The highest BCUT2D eigenvalue weighted by molar-refractivity contribution is 5.82. The summed E-state index contributed by atoms with van der Waals surface area (Å²) in [6.07, 6.45) is 7.80. The lowest BCUT2D eigenvalue weighted by atomic mass is 10.00. The average Bonchev–Trinajstić information content (AvgIpc) is 2.67. The van der Waals surface area contributed by atoms with E-state index in [4.69, 9.17) is 4.74 Å². The maximum absolute atomic E-state index is 11.4. The summed E-state index contributed by atoms with van der Waals surface area (Å²) in [5.74, 6) is -0.181. The summed E-state index contributed by atoms with van der Waals surface area (Å²) < 4.78 is 4.95. The highest BCUT2D eigenvalue weighted by atomic mass is 16.5. The van der Waals surface area contributed by atoms with Gasteiger partial charge in [0.2, 0.25) is 0 Å². The highest BCUT2D eigenvalue weighted by Crippen LogP contribution is 2.32. The number of esters is 1. The zero-order valence-electron chi connectivity index (χ0n) is 9.37. The van der Waals surface area contributed by atoms with E-state index in [2.05, 4.69) is 4.90 Å². The summed E-state index contributed by atoms with van der Waals surface area (Å²) in [5.41, 5.74) is 1.20. The van der Waals surface area contributed by atoms with Crippen LogP contribution in [0.2, 0.25) is 0 Å². The number of rotatable bonds is 2. The molecule has 0 spiro atoms. The molecule has 0 radical (unpaired) electrons. The van der Waals surface area contributed by atoms with Crippen LogP contribution >= 0.6 is 0 Å². The molecule has 2 aliphatic heterocycles. The fourth-order valence-corrected chi connectivity index (χ4v) is 2.65. The molecule has 2 rings (SSSR count). The van der Waals surface area contributed by atoms with E-state index in [-0.39, 0.29) is 5.97 Å². The summed E-state index contributed by atoms with van der Waals surface area (Å²) >= 11 is 0. The molecule has 2 heterocycles. The smallest absolute Gasteiger partial charge is 0.332 e. The van der Waals surface area contributed by atoms with Crippen LogP contribution in [0.25, 0.3) is 0 Å². The second kappa shape index (κ2) is 4.69. The topological polar surface area (TPSA) is 29.5 Å². The molecule has 0 aromatic heterocycles. The molecule has 0 saturated carbocycles. The van der Waals surface area contributed by atoms with Crippen LogP contribution < -0.4 is 0 Å². The van der Waals surface area contributed by atoms with Crippen molar-refractivity contribution >= 4 is 5.97 Å². The zero-order valence-corrected chi connectivity index (χ0v) is 9.37. The van der Waals surface area contributed by atoms with Gasteiger partial charge in [-0.05, 0) is 39.0 Å². The molecule has 2 saturated heterocycles. The van der Waals surface area contributed by atoms with Crippen molar-refractivity contribution in [1.82, 2.24) is 4.90 Å². The fraction of sp³-hybridized carbons (Fsp3) is 0.750. The first kappa shape index (κ1) is 10.5. The number of nitrogens with zero attached hydrogens (tertiary/aromatic N) is 1. The van der Waals surface area contributed by atoms with Crippen molar-refractivity contribution in [1.29, 1.82) is 0 Å². The summed E-state index contributed by atoms with van der Waals surface area (Å²) in [4.78, 5) is 13.8. The molecular weight excluding hydrogens is 190 g/mol. The van der Waals surface area contributed by atoms with Gasteiger partial charge in [-0.25, -0.2) is 4.79 Å². The maximum atomic E-state index is 11.4. The monoisotopic (exact) mass is 209 g/mol. The first-order valence-corrected chi connectivity index (χ1v) is 5.95. The molecule has 84 valence electrons. The quantitative estimate of drug-likeness (QED) is 0.515. The molecule has 0 bridgehead atoms. The Balaban J connectivity index is 2.03. The number of hydrogen-bond acceptors (Lipinski definition) is 3. The average molecular weight is 209 g/mol. The van der Waals surface area contributed by atoms with Crippen molar-refractivity contribution < 1.29 is 9.53 Å². The van der Waals surface area contributed by atoms with Crippen LogP contribution in [0.15, 0.2) is 11.8 Å². The van der Waals surface area contributed by atoms with Gasteiger partial charge in [-0.15, -0.1) is 0 Å². The Hall–Kier alpha value is -0.990. The minimum absolute atomic E-state index is 0.181.